The number of hydrogen-bond donors (Lipinski definition) is 2. The fourth-order valence-electron chi connectivity index (χ4n) is 1.14. The monoisotopic (exact) mass is 256 g/mol. The summed E-state index contributed by atoms with van der Waals surface area (Å²) in [6.07, 6.45) is 0.884. The standard InChI is InChI=1S/C10H13BrN2O/c11-9-4-2-1-3-8(9)5-6-13-7-10(12)14/h1-4,13H,5-7H2,(H2,12,14). The fourth-order valence-corrected chi connectivity index (χ4v) is 1.62. The lowest BCUT2D eigenvalue weighted by molar-refractivity contribution is -0.117. The number of primary amides is 1. The molecule has 3 nitrogen and oxygen atoms in total. The first-order valence-electron chi connectivity index (χ1n) is 4.42. The van der Waals surface area contributed by atoms with Crippen LogP contribution in [-0.2, 0) is 11.2 Å². The molecule has 0 aliphatic heterocycles. The quantitative estimate of drug-likeness (QED) is 0.775. The van der Waals surface area contributed by atoms with Crippen LogP contribution in [0.15, 0.2) is 28.7 Å². The van der Waals surface area contributed by atoms with Gasteiger partial charge in [0, 0.05) is 4.47 Å². The van der Waals surface area contributed by atoms with E-state index >= 15 is 0 Å². The van der Waals surface area contributed by atoms with E-state index < -0.39 is 0 Å². The third-order valence-electron chi connectivity index (χ3n) is 1.83. The highest BCUT2D eigenvalue weighted by atomic mass is 79.9. The molecule has 0 aromatic heterocycles. The molecule has 0 radical (unpaired) electrons. The second-order valence-corrected chi connectivity index (χ2v) is 3.84. The molecule has 0 saturated carbocycles. The lowest BCUT2D eigenvalue weighted by Crippen LogP contribution is -2.29. The van der Waals surface area contributed by atoms with Gasteiger partial charge in [0.1, 0.15) is 0 Å². The highest BCUT2D eigenvalue weighted by Crippen LogP contribution is 2.15. The predicted octanol–water partition coefficient (Wildman–Crippen LogP) is 1.07. The van der Waals surface area contributed by atoms with Crippen LogP contribution >= 0.6 is 15.9 Å². The SMILES string of the molecule is NC(=O)CNCCc1ccccc1Br. The van der Waals surface area contributed by atoms with Gasteiger partial charge in [-0.25, -0.2) is 0 Å². The highest BCUT2D eigenvalue weighted by Gasteiger charge is 1.98. The Bertz CT molecular complexity index is 315. The van der Waals surface area contributed by atoms with Crippen LogP contribution in [-0.4, -0.2) is 19.0 Å². The molecule has 1 aromatic carbocycles. The average Bonchev–Trinajstić information content (AvgIpc) is 2.15. The summed E-state index contributed by atoms with van der Waals surface area (Å²) in [5.74, 6) is -0.322. The van der Waals surface area contributed by atoms with Crippen LogP contribution < -0.4 is 11.1 Å². The van der Waals surface area contributed by atoms with Crippen molar-refractivity contribution >= 4 is 21.8 Å². The van der Waals surface area contributed by atoms with Gasteiger partial charge in [0.25, 0.3) is 0 Å². The molecule has 0 aliphatic carbocycles. The van der Waals surface area contributed by atoms with Crippen molar-refractivity contribution in [3.05, 3.63) is 34.3 Å². The Balaban J connectivity index is 2.31. The summed E-state index contributed by atoms with van der Waals surface area (Å²) in [5, 5.41) is 2.97. The molecule has 4 heteroatoms. The van der Waals surface area contributed by atoms with Gasteiger partial charge in [-0.2, -0.15) is 0 Å². The van der Waals surface area contributed by atoms with Crippen molar-refractivity contribution in [2.75, 3.05) is 13.1 Å². The largest absolute Gasteiger partial charge is 0.369 e. The van der Waals surface area contributed by atoms with Crippen molar-refractivity contribution < 1.29 is 4.79 Å². The normalized spacial score (nSPS) is 10.1. The molecule has 0 aliphatic rings. The van der Waals surface area contributed by atoms with E-state index in [0.29, 0.717) is 0 Å². The molecule has 0 atom stereocenters. The van der Waals surface area contributed by atoms with Crippen molar-refractivity contribution in [1.29, 1.82) is 0 Å². The van der Waals surface area contributed by atoms with Crippen molar-refractivity contribution in [3.8, 4) is 0 Å². The minimum absolute atomic E-state index is 0.241. The van der Waals surface area contributed by atoms with Crippen LogP contribution in [0.1, 0.15) is 5.56 Å². The number of nitrogens with two attached hydrogens (primary N) is 1. The summed E-state index contributed by atoms with van der Waals surface area (Å²) in [6.45, 7) is 0.996. The van der Waals surface area contributed by atoms with Crippen molar-refractivity contribution in [2.24, 2.45) is 5.73 Å². The molecule has 1 amide bonds. The summed E-state index contributed by atoms with van der Waals surface area (Å²) in [6, 6.07) is 8.03. The number of amides is 1. The lowest BCUT2D eigenvalue weighted by atomic mass is 10.1. The Morgan fingerprint density at radius 1 is 1.43 bits per heavy atom. The lowest BCUT2D eigenvalue weighted by Gasteiger charge is -2.04. The third-order valence-corrected chi connectivity index (χ3v) is 2.60. The van der Waals surface area contributed by atoms with Gasteiger partial charge >= 0.3 is 0 Å². The van der Waals surface area contributed by atoms with Crippen LogP contribution in [0.4, 0.5) is 0 Å². The Hall–Kier alpha value is -0.870. The van der Waals surface area contributed by atoms with Gasteiger partial charge in [0.15, 0.2) is 0 Å². The Morgan fingerprint density at radius 2 is 2.14 bits per heavy atom. The molecule has 76 valence electrons. The number of benzene rings is 1. The highest BCUT2D eigenvalue weighted by molar-refractivity contribution is 9.10. The van der Waals surface area contributed by atoms with Gasteiger partial charge in [-0.3, -0.25) is 4.79 Å². The summed E-state index contributed by atoms with van der Waals surface area (Å²) in [4.78, 5) is 10.4. The van der Waals surface area contributed by atoms with E-state index in [2.05, 4.69) is 27.3 Å². The molecule has 0 unspecified atom stereocenters. The molecule has 0 heterocycles. The van der Waals surface area contributed by atoms with Crippen LogP contribution in [0.3, 0.4) is 0 Å². The first-order valence-corrected chi connectivity index (χ1v) is 5.22. The van der Waals surface area contributed by atoms with Crippen LogP contribution in [0, 0.1) is 0 Å². The summed E-state index contributed by atoms with van der Waals surface area (Å²) in [7, 11) is 0. The molecule has 1 rings (SSSR count). The van der Waals surface area contributed by atoms with E-state index in [-0.39, 0.29) is 12.5 Å². The van der Waals surface area contributed by atoms with Gasteiger partial charge in [-0.1, -0.05) is 34.1 Å². The van der Waals surface area contributed by atoms with Gasteiger partial charge in [-0.15, -0.1) is 0 Å². The van der Waals surface area contributed by atoms with Gasteiger partial charge < -0.3 is 11.1 Å². The maximum atomic E-state index is 10.4. The van der Waals surface area contributed by atoms with Gasteiger partial charge in [0.05, 0.1) is 6.54 Å². The molecule has 0 bridgehead atoms. The molecule has 1 aromatic rings. The number of hydrogen-bond acceptors (Lipinski definition) is 2. The van der Waals surface area contributed by atoms with E-state index in [0.717, 1.165) is 17.4 Å². The van der Waals surface area contributed by atoms with Crippen LogP contribution in [0.25, 0.3) is 0 Å². The number of rotatable bonds is 5. The van der Waals surface area contributed by atoms with E-state index in [1.807, 2.05) is 18.2 Å². The third kappa shape index (κ3) is 3.89. The summed E-state index contributed by atoms with van der Waals surface area (Å²) < 4.78 is 1.10. The average molecular weight is 257 g/mol. The van der Waals surface area contributed by atoms with E-state index in [9.17, 15) is 4.79 Å². The first-order chi connectivity index (χ1) is 6.70. The van der Waals surface area contributed by atoms with Crippen LogP contribution in [0.5, 0.6) is 0 Å². The molecule has 0 fully saturated rings. The number of carbonyl (C=O) groups excluding carboxylic acids is 1. The zero-order valence-electron chi connectivity index (χ0n) is 7.79. The first kappa shape index (κ1) is 11.2. The molecule has 0 saturated heterocycles. The molecule has 3 N–H and O–H groups in total. The fraction of sp³-hybridized carbons (Fsp3) is 0.300. The Morgan fingerprint density at radius 3 is 2.79 bits per heavy atom. The van der Waals surface area contributed by atoms with E-state index in [1.54, 1.807) is 0 Å². The smallest absolute Gasteiger partial charge is 0.231 e. The number of carbonyl (C=O) groups is 1. The zero-order chi connectivity index (χ0) is 10.4. The van der Waals surface area contributed by atoms with E-state index in [4.69, 9.17) is 5.73 Å². The number of halogens is 1. The molecule has 14 heavy (non-hydrogen) atoms. The maximum Gasteiger partial charge on any atom is 0.231 e. The second kappa shape index (κ2) is 5.78. The molecular weight excluding hydrogens is 244 g/mol. The van der Waals surface area contributed by atoms with Crippen molar-refractivity contribution in [3.63, 3.8) is 0 Å². The predicted molar refractivity (Wildman–Crippen MR) is 59.9 cm³/mol. The number of nitrogens with one attached hydrogen (secondary N) is 1. The summed E-state index contributed by atoms with van der Waals surface area (Å²) in [5.41, 5.74) is 6.22. The zero-order valence-corrected chi connectivity index (χ0v) is 9.38. The van der Waals surface area contributed by atoms with Crippen molar-refractivity contribution in [2.45, 2.75) is 6.42 Å². The minimum Gasteiger partial charge on any atom is -0.369 e. The topological polar surface area (TPSA) is 55.1 Å². The Kier molecular flexibility index (Phi) is 4.62. The molecule has 0 spiro atoms. The van der Waals surface area contributed by atoms with Gasteiger partial charge in [0.2, 0.25) is 5.91 Å². The maximum absolute atomic E-state index is 10.4. The Labute approximate surface area is 91.8 Å². The van der Waals surface area contributed by atoms with Gasteiger partial charge in [-0.05, 0) is 24.6 Å². The molecular formula is C10H13BrN2O. The second-order valence-electron chi connectivity index (χ2n) is 2.98. The van der Waals surface area contributed by atoms with Crippen LogP contribution in [0.2, 0.25) is 0 Å². The van der Waals surface area contributed by atoms with Crippen molar-refractivity contribution in [1.82, 2.24) is 5.32 Å². The summed E-state index contributed by atoms with van der Waals surface area (Å²) >= 11 is 3.46. The minimum atomic E-state index is -0.322. The van der Waals surface area contributed by atoms with E-state index in [1.165, 1.54) is 5.56 Å².